The molecule has 2 heterocycles. The number of anilines is 1. The van der Waals surface area contributed by atoms with Crippen LogP contribution in [0.3, 0.4) is 0 Å². The van der Waals surface area contributed by atoms with E-state index in [0.29, 0.717) is 38.3 Å². The van der Waals surface area contributed by atoms with Crippen molar-refractivity contribution in [3.05, 3.63) is 29.8 Å². The first kappa shape index (κ1) is 22.4. The number of hydrogen-bond acceptors (Lipinski definition) is 4. The van der Waals surface area contributed by atoms with E-state index in [4.69, 9.17) is 0 Å². The van der Waals surface area contributed by atoms with Crippen molar-refractivity contribution in [1.29, 1.82) is 0 Å². The number of hydrogen-bond donors (Lipinski definition) is 1. The maximum atomic E-state index is 13.0. The number of carbonyl (C=O) groups excluding carboxylic acids is 2. The van der Waals surface area contributed by atoms with Gasteiger partial charge in [-0.25, -0.2) is 0 Å². The van der Waals surface area contributed by atoms with Crippen LogP contribution in [0.2, 0.25) is 0 Å². The number of alkyl halides is 3. The second-order valence-corrected chi connectivity index (χ2v) is 7.94. The first-order valence-electron chi connectivity index (χ1n) is 10.4. The van der Waals surface area contributed by atoms with Gasteiger partial charge in [-0.1, -0.05) is 6.07 Å². The summed E-state index contributed by atoms with van der Waals surface area (Å²) >= 11 is 0. The Morgan fingerprint density at radius 1 is 1.13 bits per heavy atom. The average Bonchev–Trinajstić information content (AvgIpc) is 2.73. The van der Waals surface area contributed by atoms with Crippen LogP contribution < -0.4 is 10.2 Å². The highest BCUT2D eigenvalue weighted by Crippen LogP contribution is 2.32. The number of halogens is 3. The lowest BCUT2D eigenvalue weighted by atomic mass is 10.0. The zero-order valence-electron chi connectivity index (χ0n) is 17.2. The molecule has 30 heavy (non-hydrogen) atoms. The third-order valence-corrected chi connectivity index (χ3v) is 5.83. The summed E-state index contributed by atoms with van der Waals surface area (Å²) < 4.78 is 38.9. The van der Waals surface area contributed by atoms with E-state index in [9.17, 15) is 22.8 Å². The summed E-state index contributed by atoms with van der Waals surface area (Å²) in [7, 11) is 0. The lowest BCUT2D eigenvalue weighted by molar-refractivity contribution is -0.137. The van der Waals surface area contributed by atoms with Crippen LogP contribution in [0.1, 0.15) is 31.7 Å². The van der Waals surface area contributed by atoms with Gasteiger partial charge in [-0.15, -0.1) is 0 Å². The van der Waals surface area contributed by atoms with Gasteiger partial charge in [0.15, 0.2) is 0 Å². The summed E-state index contributed by atoms with van der Waals surface area (Å²) in [6.45, 7) is 6.03. The number of likely N-dealkylation sites (tertiary alicyclic amines) is 1. The summed E-state index contributed by atoms with van der Waals surface area (Å²) in [5.41, 5.74) is -0.0222. The Kier molecular flexibility index (Phi) is 7.23. The number of rotatable bonds is 5. The molecule has 1 aromatic carbocycles. The molecule has 0 saturated carbocycles. The highest BCUT2D eigenvalue weighted by molar-refractivity contribution is 5.78. The van der Waals surface area contributed by atoms with Gasteiger partial charge in [0.2, 0.25) is 11.8 Å². The summed E-state index contributed by atoms with van der Waals surface area (Å²) in [5.74, 6) is -0.0889. The Labute approximate surface area is 175 Å². The highest BCUT2D eigenvalue weighted by atomic mass is 19.4. The van der Waals surface area contributed by atoms with E-state index in [-0.39, 0.29) is 17.9 Å². The maximum absolute atomic E-state index is 13.0. The maximum Gasteiger partial charge on any atom is 0.416 e. The Morgan fingerprint density at radius 3 is 2.53 bits per heavy atom. The Morgan fingerprint density at radius 2 is 1.87 bits per heavy atom. The lowest BCUT2D eigenvalue weighted by Crippen LogP contribution is -2.56. The fourth-order valence-electron chi connectivity index (χ4n) is 4.21. The van der Waals surface area contributed by atoms with Crippen molar-refractivity contribution < 1.29 is 22.8 Å². The van der Waals surface area contributed by atoms with Gasteiger partial charge in [-0.2, -0.15) is 13.2 Å². The minimum atomic E-state index is -4.34. The van der Waals surface area contributed by atoms with Crippen LogP contribution in [0.15, 0.2) is 24.3 Å². The van der Waals surface area contributed by atoms with Gasteiger partial charge in [-0.3, -0.25) is 14.5 Å². The first-order valence-corrected chi connectivity index (χ1v) is 10.4. The van der Waals surface area contributed by atoms with Gasteiger partial charge in [0.25, 0.3) is 0 Å². The predicted molar refractivity (Wildman–Crippen MR) is 108 cm³/mol. The number of piperazine rings is 1. The molecule has 0 aromatic heterocycles. The lowest BCUT2D eigenvalue weighted by Gasteiger charge is -2.44. The topological polar surface area (TPSA) is 55.9 Å². The van der Waals surface area contributed by atoms with Crippen LogP contribution in [-0.2, 0) is 15.8 Å². The zero-order chi connectivity index (χ0) is 21.7. The zero-order valence-corrected chi connectivity index (χ0v) is 17.2. The third-order valence-electron chi connectivity index (χ3n) is 5.83. The van der Waals surface area contributed by atoms with Gasteiger partial charge >= 0.3 is 6.18 Å². The fraction of sp³-hybridized carbons (Fsp3) is 0.619. The Hall–Kier alpha value is -2.29. The van der Waals surface area contributed by atoms with Crippen LogP contribution in [0.5, 0.6) is 0 Å². The van der Waals surface area contributed by atoms with Crippen molar-refractivity contribution in [3.8, 4) is 0 Å². The molecule has 2 fully saturated rings. The third kappa shape index (κ3) is 5.87. The van der Waals surface area contributed by atoms with Crippen molar-refractivity contribution in [2.24, 2.45) is 0 Å². The van der Waals surface area contributed by atoms with Gasteiger partial charge in [-0.05, 0) is 31.0 Å². The van der Waals surface area contributed by atoms with E-state index in [1.165, 1.54) is 19.1 Å². The van der Waals surface area contributed by atoms with E-state index >= 15 is 0 Å². The average molecular weight is 426 g/mol. The molecule has 2 aliphatic rings. The molecular formula is C21H29F3N4O2. The standard InChI is InChI=1S/C21H29F3N4O2/c1-16(29)25-8-7-20(30)28-9-3-6-19(15-28)27-12-10-26(11-13-27)18-5-2-4-17(14-18)21(22,23)24/h2,4-5,14,19H,3,6-13,15H2,1H3,(H,25,29). The van der Waals surface area contributed by atoms with Crippen molar-refractivity contribution >= 4 is 17.5 Å². The molecule has 1 N–H and O–H groups in total. The molecule has 0 aliphatic carbocycles. The molecule has 0 bridgehead atoms. The minimum Gasteiger partial charge on any atom is -0.369 e. The molecule has 1 aromatic rings. The van der Waals surface area contributed by atoms with Crippen LogP contribution in [0.25, 0.3) is 0 Å². The molecule has 3 rings (SSSR count). The molecular weight excluding hydrogens is 397 g/mol. The van der Waals surface area contributed by atoms with Gasteiger partial charge < -0.3 is 15.1 Å². The highest BCUT2D eigenvalue weighted by Gasteiger charge is 2.32. The van der Waals surface area contributed by atoms with E-state index in [1.54, 1.807) is 6.07 Å². The van der Waals surface area contributed by atoms with E-state index in [0.717, 1.165) is 38.5 Å². The van der Waals surface area contributed by atoms with Crippen molar-refractivity contribution in [3.63, 3.8) is 0 Å². The molecule has 2 saturated heterocycles. The summed E-state index contributed by atoms with van der Waals surface area (Å²) in [6, 6.07) is 5.76. The van der Waals surface area contributed by atoms with Gasteiger partial charge in [0.1, 0.15) is 0 Å². The van der Waals surface area contributed by atoms with E-state index in [1.807, 2.05) is 9.80 Å². The van der Waals surface area contributed by atoms with E-state index in [2.05, 4.69) is 10.2 Å². The fourth-order valence-corrected chi connectivity index (χ4v) is 4.21. The van der Waals surface area contributed by atoms with Gasteiger partial charge in [0.05, 0.1) is 5.56 Å². The minimum absolute atomic E-state index is 0.0519. The van der Waals surface area contributed by atoms with Crippen molar-refractivity contribution in [2.45, 2.75) is 38.4 Å². The number of nitrogens with one attached hydrogen (secondary N) is 1. The largest absolute Gasteiger partial charge is 0.416 e. The number of piperidine rings is 1. The molecule has 0 spiro atoms. The molecule has 1 atom stereocenters. The quantitative estimate of drug-likeness (QED) is 0.786. The van der Waals surface area contributed by atoms with Crippen molar-refractivity contribution in [1.82, 2.24) is 15.1 Å². The Balaban J connectivity index is 1.51. The molecule has 1 unspecified atom stereocenters. The van der Waals surface area contributed by atoms with Crippen molar-refractivity contribution in [2.75, 3.05) is 50.7 Å². The smallest absolute Gasteiger partial charge is 0.369 e. The first-order chi connectivity index (χ1) is 14.2. The monoisotopic (exact) mass is 426 g/mol. The summed E-state index contributed by atoms with van der Waals surface area (Å²) in [5, 5.41) is 2.65. The predicted octanol–water partition coefficient (Wildman–Crippen LogP) is 2.34. The molecule has 6 nitrogen and oxygen atoms in total. The number of amides is 2. The molecule has 166 valence electrons. The summed E-state index contributed by atoms with van der Waals surface area (Å²) in [6.07, 6.45) is -2.09. The van der Waals surface area contributed by atoms with Crippen LogP contribution in [0.4, 0.5) is 18.9 Å². The SMILES string of the molecule is CC(=O)NCCC(=O)N1CCCC(N2CCN(c3cccc(C(F)(F)F)c3)CC2)C1. The van der Waals surface area contributed by atoms with Crippen LogP contribution >= 0.6 is 0 Å². The second-order valence-electron chi connectivity index (χ2n) is 7.94. The number of carbonyl (C=O) groups is 2. The number of nitrogens with zero attached hydrogens (tertiary/aromatic N) is 3. The van der Waals surface area contributed by atoms with E-state index < -0.39 is 11.7 Å². The molecule has 2 aliphatic heterocycles. The van der Waals surface area contributed by atoms with Crippen LogP contribution in [-0.4, -0.2) is 73.5 Å². The number of benzene rings is 1. The normalized spacial score (nSPS) is 20.9. The summed E-state index contributed by atoms with van der Waals surface area (Å²) in [4.78, 5) is 29.6. The molecule has 2 amide bonds. The van der Waals surface area contributed by atoms with Gasteiger partial charge in [0, 0.05) is 70.9 Å². The van der Waals surface area contributed by atoms with Crippen LogP contribution in [0, 0.1) is 0 Å². The molecule has 0 radical (unpaired) electrons. The Bertz CT molecular complexity index is 748. The molecule has 9 heteroatoms. The second kappa shape index (κ2) is 9.68.